The topological polar surface area (TPSA) is 42.4 Å². The van der Waals surface area contributed by atoms with Crippen LogP contribution in [0.3, 0.4) is 0 Å². The number of carbonyl (C=O) groups excluding carboxylic acids is 1. The molecule has 2 rings (SSSR count). The Morgan fingerprint density at radius 3 is 3.00 bits per heavy atom. The van der Waals surface area contributed by atoms with Crippen LogP contribution in [0.15, 0.2) is 6.20 Å². The van der Waals surface area contributed by atoms with Crippen molar-refractivity contribution >= 4 is 17.2 Å². The Labute approximate surface area is 80.1 Å². The van der Waals surface area contributed by atoms with Crippen LogP contribution in [0, 0.1) is 5.38 Å². The number of morpholine rings is 1. The van der Waals surface area contributed by atoms with Crippen molar-refractivity contribution < 1.29 is 9.53 Å². The summed E-state index contributed by atoms with van der Waals surface area (Å²) < 4.78 is 5.15. The molecule has 0 aliphatic carbocycles. The lowest BCUT2D eigenvalue weighted by Gasteiger charge is -2.25. The van der Waals surface area contributed by atoms with Gasteiger partial charge in [-0.05, 0) is 0 Å². The number of thiazole rings is 1. The van der Waals surface area contributed by atoms with Crippen LogP contribution in [-0.2, 0) is 4.74 Å². The molecule has 0 unspecified atom stereocenters. The molecule has 0 atom stereocenters. The number of carbonyl (C=O) groups is 1. The van der Waals surface area contributed by atoms with E-state index in [9.17, 15) is 4.79 Å². The minimum atomic E-state index is -0.00505. The van der Waals surface area contributed by atoms with Gasteiger partial charge in [-0.15, -0.1) is 11.3 Å². The largest absolute Gasteiger partial charge is 0.378 e. The van der Waals surface area contributed by atoms with Gasteiger partial charge in [0.25, 0.3) is 5.91 Å². The number of rotatable bonds is 1. The average molecular weight is 197 g/mol. The van der Waals surface area contributed by atoms with Crippen LogP contribution in [0.25, 0.3) is 0 Å². The molecule has 1 saturated heterocycles. The van der Waals surface area contributed by atoms with Gasteiger partial charge in [-0.2, -0.15) is 0 Å². The predicted molar refractivity (Wildman–Crippen MR) is 47.7 cm³/mol. The van der Waals surface area contributed by atoms with E-state index in [1.807, 2.05) is 0 Å². The molecule has 0 spiro atoms. The van der Waals surface area contributed by atoms with E-state index in [0.29, 0.717) is 31.3 Å². The second kappa shape index (κ2) is 3.85. The van der Waals surface area contributed by atoms with Gasteiger partial charge in [0.15, 0.2) is 5.01 Å². The molecule has 1 aromatic rings. The molecule has 1 aliphatic rings. The van der Waals surface area contributed by atoms with Gasteiger partial charge in [-0.1, -0.05) is 0 Å². The standard InChI is InChI=1S/C8H9N2O2S/c11-8(7-9-1-6-13-7)10-2-4-12-5-3-10/h1H,2-5H2. The lowest BCUT2D eigenvalue weighted by Crippen LogP contribution is -2.40. The van der Waals surface area contributed by atoms with Crippen molar-refractivity contribution in [3.63, 3.8) is 0 Å². The molecule has 5 heteroatoms. The minimum absolute atomic E-state index is 0.00505. The first kappa shape index (κ1) is 8.65. The number of nitrogens with zero attached hydrogens (tertiary/aromatic N) is 2. The third-order valence-electron chi connectivity index (χ3n) is 1.87. The number of hydrogen-bond donors (Lipinski definition) is 0. The highest BCUT2D eigenvalue weighted by atomic mass is 32.1. The lowest BCUT2D eigenvalue weighted by atomic mass is 10.4. The zero-order chi connectivity index (χ0) is 9.10. The maximum atomic E-state index is 11.7. The Morgan fingerprint density at radius 2 is 2.38 bits per heavy atom. The second-order valence-corrected chi connectivity index (χ2v) is 3.51. The molecule has 1 radical (unpaired) electrons. The molecule has 1 amide bonds. The summed E-state index contributed by atoms with van der Waals surface area (Å²) in [6, 6.07) is 0. The van der Waals surface area contributed by atoms with E-state index < -0.39 is 0 Å². The molecule has 1 fully saturated rings. The average Bonchev–Trinajstić information content (AvgIpc) is 2.71. The molecular weight excluding hydrogens is 188 g/mol. The Balaban J connectivity index is 2.04. The van der Waals surface area contributed by atoms with Gasteiger partial charge in [0.2, 0.25) is 0 Å². The van der Waals surface area contributed by atoms with Gasteiger partial charge in [0.05, 0.1) is 18.6 Å². The molecule has 0 bridgehead atoms. The predicted octanol–water partition coefficient (Wildman–Crippen LogP) is 0.416. The molecule has 0 saturated carbocycles. The van der Waals surface area contributed by atoms with Crippen LogP contribution in [0.2, 0.25) is 0 Å². The fraction of sp³-hybridized carbons (Fsp3) is 0.500. The molecular formula is C8H9N2O2S. The fourth-order valence-electron chi connectivity index (χ4n) is 1.19. The Kier molecular flexibility index (Phi) is 2.56. The van der Waals surface area contributed by atoms with Crippen molar-refractivity contribution in [3.05, 3.63) is 16.6 Å². The third kappa shape index (κ3) is 1.87. The first-order chi connectivity index (χ1) is 6.38. The van der Waals surface area contributed by atoms with Crippen molar-refractivity contribution in [2.24, 2.45) is 0 Å². The second-order valence-electron chi connectivity index (χ2n) is 2.69. The third-order valence-corrected chi connectivity index (χ3v) is 2.57. The number of amides is 1. The van der Waals surface area contributed by atoms with Crippen LogP contribution >= 0.6 is 11.3 Å². The minimum Gasteiger partial charge on any atom is -0.378 e. The van der Waals surface area contributed by atoms with Crippen LogP contribution in [0.4, 0.5) is 0 Å². The first-order valence-corrected chi connectivity index (χ1v) is 4.88. The highest BCUT2D eigenvalue weighted by Crippen LogP contribution is 2.08. The normalized spacial score (nSPS) is 17.4. The van der Waals surface area contributed by atoms with Crippen molar-refractivity contribution in [2.75, 3.05) is 26.3 Å². The van der Waals surface area contributed by atoms with Gasteiger partial charge in [0, 0.05) is 19.3 Å². The molecule has 69 valence electrons. The lowest BCUT2D eigenvalue weighted by molar-refractivity contribution is 0.0302. The van der Waals surface area contributed by atoms with Gasteiger partial charge in [0.1, 0.15) is 0 Å². The molecule has 1 aliphatic heterocycles. The van der Waals surface area contributed by atoms with Crippen molar-refractivity contribution in [3.8, 4) is 0 Å². The summed E-state index contributed by atoms with van der Waals surface area (Å²) in [6.07, 6.45) is 1.53. The van der Waals surface area contributed by atoms with Gasteiger partial charge in [-0.3, -0.25) is 4.79 Å². The number of aromatic nitrogens is 1. The van der Waals surface area contributed by atoms with Crippen LogP contribution < -0.4 is 0 Å². The Hall–Kier alpha value is -0.940. The van der Waals surface area contributed by atoms with Crippen molar-refractivity contribution in [2.45, 2.75) is 0 Å². The first-order valence-electron chi connectivity index (χ1n) is 4.07. The summed E-state index contributed by atoms with van der Waals surface area (Å²) in [5.74, 6) is -0.00505. The quantitative estimate of drug-likeness (QED) is 0.655. The SMILES string of the molecule is O=C(c1nc[c]s1)N1CCOCC1. The van der Waals surface area contributed by atoms with Crippen molar-refractivity contribution in [1.82, 2.24) is 9.88 Å². The molecule has 0 N–H and O–H groups in total. The molecule has 2 heterocycles. The van der Waals surface area contributed by atoms with E-state index in [-0.39, 0.29) is 5.91 Å². The van der Waals surface area contributed by atoms with Crippen LogP contribution in [-0.4, -0.2) is 42.1 Å². The van der Waals surface area contributed by atoms with Gasteiger partial charge >= 0.3 is 0 Å². The highest BCUT2D eigenvalue weighted by Gasteiger charge is 2.19. The monoisotopic (exact) mass is 197 g/mol. The van der Waals surface area contributed by atoms with E-state index in [0.717, 1.165) is 0 Å². The zero-order valence-electron chi connectivity index (χ0n) is 7.02. The summed E-state index contributed by atoms with van der Waals surface area (Å²) in [7, 11) is 0. The molecule has 1 aromatic heterocycles. The fourth-order valence-corrected chi connectivity index (χ4v) is 1.73. The zero-order valence-corrected chi connectivity index (χ0v) is 7.84. The molecule has 13 heavy (non-hydrogen) atoms. The number of hydrogen-bond acceptors (Lipinski definition) is 4. The Bertz CT molecular complexity index is 280. The van der Waals surface area contributed by atoms with E-state index >= 15 is 0 Å². The van der Waals surface area contributed by atoms with E-state index in [2.05, 4.69) is 10.4 Å². The van der Waals surface area contributed by atoms with E-state index in [4.69, 9.17) is 4.74 Å². The Morgan fingerprint density at radius 1 is 1.62 bits per heavy atom. The summed E-state index contributed by atoms with van der Waals surface area (Å²) in [5.41, 5.74) is 0. The smallest absolute Gasteiger partial charge is 0.283 e. The highest BCUT2D eigenvalue weighted by molar-refractivity contribution is 7.11. The maximum Gasteiger partial charge on any atom is 0.283 e. The summed E-state index contributed by atoms with van der Waals surface area (Å²) in [4.78, 5) is 17.3. The summed E-state index contributed by atoms with van der Waals surface area (Å²) in [5, 5.41) is 3.32. The number of ether oxygens (including phenoxy) is 1. The van der Waals surface area contributed by atoms with Crippen molar-refractivity contribution in [1.29, 1.82) is 0 Å². The van der Waals surface area contributed by atoms with Crippen LogP contribution in [0.5, 0.6) is 0 Å². The van der Waals surface area contributed by atoms with E-state index in [1.54, 1.807) is 4.90 Å². The summed E-state index contributed by atoms with van der Waals surface area (Å²) in [6.45, 7) is 2.58. The van der Waals surface area contributed by atoms with Gasteiger partial charge in [-0.25, -0.2) is 4.98 Å². The molecule has 0 aromatic carbocycles. The maximum absolute atomic E-state index is 11.7. The van der Waals surface area contributed by atoms with Crippen LogP contribution in [0.1, 0.15) is 9.80 Å². The van der Waals surface area contributed by atoms with Gasteiger partial charge < -0.3 is 9.64 Å². The van der Waals surface area contributed by atoms with E-state index in [1.165, 1.54) is 17.5 Å². The summed E-state index contributed by atoms with van der Waals surface area (Å²) >= 11 is 1.26. The molecule has 4 nitrogen and oxygen atoms in total.